The van der Waals surface area contributed by atoms with Crippen LogP contribution in [0, 0.1) is 5.41 Å². The van der Waals surface area contributed by atoms with Gasteiger partial charge in [0.25, 0.3) is 0 Å². The fourth-order valence-corrected chi connectivity index (χ4v) is 3.29. The second kappa shape index (κ2) is 5.35. The van der Waals surface area contributed by atoms with E-state index in [1.54, 1.807) is 6.08 Å². The van der Waals surface area contributed by atoms with Crippen molar-refractivity contribution in [2.45, 2.75) is 25.2 Å². The molecule has 4 heteroatoms. The number of benzene rings is 1. The van der Waals surface area contributed by atoms with Gasteiger partial charge in [0.05, 0.1) is 14.2 Å². The molecule has 0 heterocycles. The largest absolute Gasteiger partial charge is 0.468 e. The van der Waals surface area contributed by atoms with Crippen molar-refractivity contribution in [3.8, 4) is 0 Å². The van der Waals surface area contributed by atoms with Gasteiger partial charge in [0, 0.05) is 5.41 Å². The standard InChI is InChI=1S/C17H20O4/c1-5-16(2)11-17(14(18)20-3,15(19)21-4)10-12-8-6-7-9-13(12)16/h5-9H,1,10-11H2,2-4H3. The third kappa shape index (κ3) is 2.24. The number of hydrogen-bond acceptors (Lipinski definition) is 4. The lowest BCUT2D eigenvalue weighted by molar-refractivity contribution is -0.171. The molecule has 1 aromatic rings. The molecule has 0 amide bonds. The first-order valence-electron chi connectivity index (χ1n) is 6.82. The first-order valence-corrected chi connectivity index (χ1v) is 6.82. The molecule has 4 nitrogen and oxygen atoms in total. The van der Waals surface area contributed by atoms with Gasteiger partial charge >= 0.3 is 11.9 Å². The minimum absolute atomic E-state index is 0.284. The van der Waals surface area contributed by atoms with Crippen LogP contribution in [0.5, 0.6) is 0 Å². The number of allylic oxidation sites excluding steroid dienone is 1. The van der Waals surface area contributed by atoms with Crippen LogP contribution in [-0.2, 0) is 30.9 Å². The van der Waals surface area contributed by atoms with Crippen molar-refractivity contribution in [1.82, 2.24) is 0 Å². The second-order valence-corrected chi connectivity index (χ2v) is 5.70. The Hall–Kier alpha value is -2.10. The van der Waals surface area contributed by atoms with Gasteiger partial charge in [-0.3, -0.25) is 9.59 Å². The highest BCUT2D eigenvalue weighted by Crippen LogP contribution is 2.48. The van der Waals surface area contributed by atoms with Crippen molar-refractivity contribution in [3.63, 3.8) is 0 Å². The quantitative estimate of drug-likeness (QED) is 0.487. The molecule has 0 fully saturated rings. The van der Waals surface area contributed by atoms with E-state index in [2.05, 4.69) is 6.58 Å². The summed E-state index contributed by atoms with van der Waals surface area (Å²) in [5, 5.41) is 0. The van der Waals surface area contributed by atoms with Crippen molar-refractivity contribution in [3.05, 3.63) is 48.0 Å². The average molecular weight is 288 g/mol. The van der Waals surface area contributed by atoms with Crippen LogP contribution in [0.25, 0.3) is 0 Å². The van der Waals surface area contributed by atoms with Gasteiger partial charge in [0.15, 0.2) is 5.41 Å². The van der Waals surface area contributed by atoms with E-state index in [4.69, 9.17) is 9.47 Å². The molecule has 0 saturated carbocycles. The Balaban J connectivity index is 2.65. The van der Waals surface area contributed by atoms with Gasteiger partial charge in [-0.15, -0.1) is 6.58 Å². The van der Waals surface area contributed by atoms with Gasteiger partial charge in [0.1, 0.15) is 0 Å². The fraction of sp³-hybridized carbons (Fsp3) is 0.412. The summed E-state index contributed by atoms with van der Waals surface area (Å²) in [6.07, 6.45) is 2.36. The molecular formula is C17H20O4. The van der Waals surface area contributed by atoms with E-state index < -0.39 is 22.8 Å². The zero-order valence-corrected chi connectivity index (χ0v) is 12.6. The van der Waals surface area contributed by atoms with E-state index in [0.717, 1.165) is 11.1 Å². The molecule has 0 saturated heterocycles. The summed E-state index contributed by atoms with van der Waals surface area (Å²) in [7, 11) is 2.58. The first-order chi connectivity index (χ1) is 9.93. The highest BCUT2D eigenvalue weighted by atomic mass is 16.5. The summed E-state index contributed by atoms with van der Waals surface area (Å²) in [5.74, 6) is -1.12. The van der Waals surface area contributed by atoms with Crippen LogP contribution in [0.1, 0.15) is 24.5 Å². The average Bonchev–Trinajstić information content (AvgIpc) is 2.52. The van der Waals surface area contributed by atoms with Crippen LogP contribution in [0.15, 0.2) is 36.9 Å². The zero-order valence-electron chi connectivity index (χ0n) is 12.6. The molecule has 0 spiro atoms. The monoisotopic (exact) mass is 288 g/mol. The summed E-state index contributed by atoms with van der Waals surface area (Å²) in [4.78, 5) is 24.7. The van der Waals surface area contributed by atoms with E-state index in [1.165, 1.54) is 14.2 Å². The number of carbonyl (C=O) groups excluding carboxylic acids is 2. The maximum atomic E-state index is 12.3. The molecule has 21 heavy (non-hydrogen) atoms. The van der Waals surface area contributed by atoms with Crippen LogP contribution in [0.4, 0.5) is 0 Å². The summed E-state index contributed by atoms with van der Waals surface area (Å²) < 4.78 is 9.79. The Morgan fingerprint density at radius 3 is 2.29 bits per heavy atom. The maximum Gasteiger partial charge on any atom is 0.323 e. The molecule has 0 bridgehead atoms. The molecule has 0 aromatic heterocycles. The van der Waals surface area contributed by atoms with Gasteiger partial charge in [-0.1, -0.05) is 37.3 Å². The highest BCUT2D eigenvalue weighted by molar-refractivity contribution is 6.01. The first kappa shape index (κ1) is 15.3. The number of carbonyl (C=O) groups is 2. The normalized spacial score (nSPS) is 22.8. The van der Waals surface area contributed by atoms with Crippen LogP contribution in [0.2, 0.25) is 0 Å². The van der Waals surface area contributed by atoms with Crippen molar-refractivity contribution in [2.24, 2.45) is 5.41 Å². The lowest BCUT2D eigenvalue weighted by Gasteiger charge is -2.42. The minimum atomic E-state index is -1.32. The predicted molar refractivity (Wildman–Crippen MR) is 78.8 cm³/mol. The summed E-state index contributed by atoms with van der Waals surface area (Å²) in [6.45, 7) is 5.86. The maximum absolute atomic E-state index is 12.3. The van der Waals surface area contributed by atoms with Crippen LogP contribution in [-0.4, -0.2) is 26.2 Å². The third-order valence-corrected chi connectivity index (χ3v) is 4.40. The molecule has 1 aliphatic rings. The van der Waals surface area contributed by atoms with E-state index in [9.17, 15) is 9.59 Å². The summed E-state index contributed by atoms with van der Waals surface area (Å²) >= 11 is 0. The SMILES string of the molecule is C=CC1(C)CC(C(=O)OC)(C(=O)OC)Cc2ccccc21. The molecule has 1 aliphatic carbocycles. The van der Waals surface area contributed by atoms with Gasteiger partial charge in [-0.05, 0) is 24.0 Å². The Morgan fingerprint density at radius 1 is 1.19 bits per heavy atom. The van der Waals surface area contributed by atoms with Gasteiger partial charge in [-0.2, -0.15) is 0 Å². The van der Waals surface area contributed by atoms with Crippen molar-refractivity contribution < 1.29 is 19.1 Å². The van der Waals surface area contributed by atoms with Crippen LogP contribution < -0.4 is 0 Å². The summed E-state index contributed by atoms with van der Waals surface area (Å²) in [5.41, 5.74) is 0.225. The molecule has 1 aromatic carbocycles. The Morgan fingerprint density at radius 2 is 1.76 bits per heavy atom. The van der Waals surface area contributed by atoms with Crippen LogP contribution >= 0.6 is 0 Å². The van der Waals surface area contributed by atoms with E-state index in [1.807, 2.05) is 31.2 Å². The topological polar surface area (TPSA) is 52.6 Å². The van der Waals surface area contributed by atoms with Gasteiger partial charge in [-0.25, -0.2) is 0 Å². The number of hydrogen-bond donors (Lipinski definition) is 0. The van der Waals surface area contributed by atoms with E-state index in [-0.39, 0.29) is 6.42 Å². The molecule has 112 valence electrons. The molecule has 1 atom stereocenters. The number of rotatable bonds is 3. The molecule has 0 aliphatic heterocycles. The molecule has 0 N–H and O–H groups in total. The van der Waals surface area contributed by atoms with Crippen LogP contribution in [0.3, 0.4) is 0 Å². The fourth-order valence-electron chi connectivity index (χ4n) is 3.29. The highest BCUT2D eigenvalue weighted by Gasteiger charge is 2.55. The van der Waals surface area contributed by atoms with E-state index >= 15 is 0 Å². The molecule has 0 radical (unpaired) electrons. The number of fused-ring (bicyclic) bond motifs is 1. The second-order valence-electron chi connectivity index (χ2n) is 5.70. The number of ether oxygens (including phenoxy) is 2. The Labute approximate surface area is 124 Å². The Bertz CT molecular complexity index is 574. The summed E-state index contributed by atoms with van der Waals surface area (Å²) in [6, 6.07) is 7.78. The lowest BCUT2D eigenvalue weighted by atomic mass is 9.60. The van der Waals surface area contributed by atoms with Crippen molar-refractivity contribution in [2.75, 3.05) is 14.2 Å². The number of esters is 2. The number of methoxy groups -OCH3 is 2. The predicted octanol–water partition coefficient (Wildman–Crippen LogP) is 2.41. The van der Waals surface area contributed by atoms with E-state index in [0.29, 0.717) is 6.42 Å². The molecule has 1 unspecified atom stereocenters. The van der Waals surface area contributed by atoms with Crippen molar-refractivity contribution >= 4 is 11.9 Å². The smallest absolute Gasteiger partial charge is 0.323 e. The van der Waals surface area contributed by atoms with Gasteiger partial charge < -0.3 is 9.47 Å². The van der Waals surface area contributed by atoms with Gasteiger partial charge in [0.2, 0.25) is 0 Å². The Kier molecular flexibility index (Phi) is 3.90. The zero-order chi connectivity index (χ0) is 15.7. The lowest BCUT2D eigenvalue weighted by Crippen LogP contribution is -2.50. The molecular weight excluding hydrogens is 268 g/mol. The van der Waals surface area contributed by atoms with Crippen molar-refractivity contribution in [1.29, 1.82) is 0 Å². The molecule has 2 rings (SSSR count). The minimum Gasteiger partial charge on any atom is -0.468 e. The third-order valence-electron chi connectivity index (χ3n) is 4.40.